The van der Waals surface area contributed by atoms with Gasteiger partial charge in [-0.05, 0) is 31.9 Å². The van der Waals surface area contributed by atoms with Gasteiger partial charge in [-0.1, -0.05) is 11.6 Å². The Hall–Kier alpha value is -1.54. The third-order valence-electron chi connectivity index (χ3n) is 6.31. The van der Waals surface area contributed by atoms with Crippen molar-refractivity contribution in [2.45, 2.75) is 37.9 Å². The molecular weight excluding hydrogens is 394 g/mol. The predicted molar refractivity (Wildman–Crippen MR) is 112 cm³/mol. The summed E-state index contributed by atoms with van der Waals surface area (Å²) in [5.74, 6) is 0.656. The van der Waals surface area contributed by atoms with E-state index < -0.39 is 0 Å². The Balaban J connectivity index is 1.35. The second-order valence-corrected chi connectivity index (χ2v) is 8.56. The number of rotatable bonds is 6. The Labute approximate surface area is 176 Å². The van der Waals surface area contributed by atoms with Crippen LogP contribution < -0.4 is 15.8 Å². The average molecular weight is 424 g/mol. The SMILES string of the molecule is COC1CN(CC2CCCO2)CCC1CNC(=O)c1cc(Cl)c(N)c2c1OCC2. The minimum atomic E-state index is -0.179. The van der Waals surface area contributed by atoms with E-state index in [1.54, 1.807) is 13.2 Å². The lowest BCUT2D eigenvalue weighted by Crippen LogP contribution is -2.50. The Bertz CT molecular complexity index is 754. The monoisotopic (exact) mass is 423 g/mol. The van der Waals surface area contributed by atoms with Gasteiger partial charge in [0.15, 0.2) is 0 Å². The maximum absolute atomic E-state index is 12.8. The number of piperidine rings is 1. The third-order valence-corrected chi connectivity index (χ3v) is 6.62. The van der Waals surface area contributed by atoms with Gasteiger partial charge in [-0.3, -0.25) is 9.69 Å². The topological polar surface area (TPSA) is 86.1 Å². The van der Waals surface area contributed by atoms with Gasteiger partial charge in [0.25, 0.3) is 5.91 Å². The van der Waals surface area contributed by atoms with Crippen molar-refractivity contribution in [2.24, 2.45) is 5.92 Å². The fourth-order valence-electron chi connectivity index (χ4n) is 4.63. The fourth-order valence-corrected chi connectivity index (χ4v) is 4.85. The number of nitrogens with one attached hydrogen (secondary N) is 1. The largest absolute Gasteiger partial charge is 0.492 e. The number of halogens is 1. The molecule has 0 aromatic heterocycles. The van der Waals surface area contributed by atoms with Crippen LogP contribution in [0.2, 0.25) is 5.02 Å². The summed E-state index contributed by atoms with van der Waals surface area (Å²) >= 11 is 6.23. The molecule has 0 aliphatic carbocycles. The number of hydrogen-bond donors (Lipinski definition) is 2. The van der Waals surface area contributed by atoms with E-state index in [4.69, 9.17) is 31.5 Å². The smallest absolute Gasteiger partial charge is 0.255 e. The number of anilines is 1. The molecule has 3 unspecified atom stereocenters. The van der Waals surface area contributed by atoms with E-state index in [2.05, 4.69) is 10.2 Å². The summed E-state index contributed by atoms with van der Waals surface area (Å²) in [6.45, 7) is 4.78. The molecule has 3 N–H and O–H groups in total. The zero-order valence-electron chi connectivity index (χ0n) is 16.9. The number of fused-ring (bicyclic) bond motifs is 1. The number of amides is 1. The summed E-state index contributed by atoms with van der Waals surface area (Å²) < 4.78 is 17.2. The molecule has 0 saturated carbocycles. The van der Waals surface area contributed by atoms with Crippen molar-refractivity contribution in [3.63, 3.8) is 0 Å². The highest BCUT2D eigenvalue weighted by Gasteiger charge is 2.32. The van der Waals surface area contributed by atoms with E-state index in [9.17, 15) is 4.79 Å². The van der Waals surface area contributed by atoms with Gasteiger partial charge in [-0.2, -0.15) is 0 Å². The molecule has 8 heteroatoms. The average Bonchev–Trinajstić information content (AvgIpc) is 3.41. The molecule has 0 spiro atoms. The van der Waals surface area contributed by atoms with Crippen molar-refractivity contribution in [1.29, 1.82) is 0 Å². The van der Waals surface area contributed by atoms with Crippen LogP contribution in [-0.4, -0.2) is 69.5 Å². The van der Waals surface area contributed by atoms with Gasteiger partial charge in [0.2, 0.25) is 0 Å². The van der Waals surface area contributed by atoms with Crippen LogP contribution >= 0.6 is 11.6 Å². The number of carbonyl (C=O) groups excluding carboxylic acids is 1. The molecule has 4 rings (SSSR count). The number of likely N-dealkylation sites (tertiary alicyclic amines) is 1. The van der Waals surface area contributed by atoms with E-state index in [1.165, 1.54) is 0 Å². The first-order valence-electron chi connectivity index (χ1n) is 10.5. The molecule has 1 amide bonds. The highest BCUT2D eigenvalue weighted by atomic mass is 35.5. The number of nitrogens with zero attached hydrogens (tertiary/aromatic N) is 1. The van der Waals surface area contributed by atoms with Gasteiger partial charge in [0.05, 0.1) is 35.1 Å². The van der Waals surface area contributed by atoms with Crippen molar-refractivity contribution in [2.75, 3.05) is 52.2 Å². The van der Waals surface area contributed by atoms with Crippen LogP contribution in [0, 0.1) is 5.92 Å². The van der Waals surface area contributed by atoms with Crippen LogP contribution in [0.4, 0.5) is 5.69 Å². The first-order valence-corrected chi connectivity index (χ1v) is 10.8. The molecule has 3 atom stereocenters. The second kappa shape index (κ2) is 9.08. The summed E-state index contributed by atoms with van der Waals surface area (Å²) in [4.78, 5) is 15.3. The number of ether oxygens (including phenoxy) is 3. The van der Waals surface area contributed by atoms with E-state index in [0.717, 1.165) is 51.1 Å². The fraction of sp³-hybridized carbons (Fsp3) is 0.667. The highest BCUT2D eigenvalue weighted by Crippen LogP contribution is 2.38. The molecule has 3 aliphatic heterocycles. The molecule has 1 aromatic carbocycles. The van der Waals surface area contributed by atoms with E-state index in [0.29, 0.717) is 47.7 Å². The second-order valence-electron chi connectivity index (χ2n) is 8.15. The Kier molecular flexibility index (Phi) is 6.49. The maximum Gasteiger partial charge on any atom is 0.255 e. The number of nitrogens with two attached hydrogens (primary N) is 1. The van der Waals surface area contributed by atoms with Gasteiger partial charge < -0.3 is 25.3 Å². The Morgan fingerprint density at radius 3 is 3.03 bits per heavy atom. The number of methoxy groups -OCH3 is 1. The molecule has 3 heterocycles. The van der Waals surface area contributed by atoms with Crippen LogP contribution in [-0.2, 0) is 15.9 Å². The van der Waals surface area contributed by atoms with Gasteiger partial charge >= 0.3 is 0 Å². The summed E-state index contributed by atoms with van der Waals surface area (Å²) in [6.07, 6.45) is 4.39. The van der Waals surface area contributed by atoms with Crippen molar-refractivity contribution < 1.29 is 19.0 Å². The molecule has 7 nitrogen and oxygen atoms in total. The lowest BCUT2D eigenvalue weighted by molar-refractivity contribution is -0.0254. The number of benzene rings is 1. The zero-order valence-corrected chi connectivity index (χ0v) is 17.7. The van der Waals surface area contributed by atoms with Crippen molar-refractivity contribution in [1.82, 2.24) is 10.2 Å². The lowest BCUT2D eigenvalue weighted by atomic mass is 9.93. The van der Waals surface area contributed by atoms with Crippen molar-refractivity contribution in [3.8, 4) is 5.75 Å². The molecule has 3 aliphatic rings. The quantitative estimate of drug-likeness (QED) is 0.681. The minimum Gasteiger partial charge on any atom is -0.492 e. The third kappa shape index (κ3) is 4.48. The highest BCUT2D eigenvalue weighted by molar-refractivity contribution is 6.33. The van der Waals surface area contributed by atoms with Gasteiger partial charge in [-0.25, -0.2) is 0 Å². The van der Waals surface area contributed by atoms with Crippen molar-refractivity contribution in [3.05, 3.63) is 22.2 Å². The summed E-state index contributed by atoms with van der Waals surface area (Å²) in [7, 11) is 1.75. The van der Waals surface area contributed by atoms with Gasteiger partial charge in [0.1, 0.15) is 5.75 Å². The number of carbonyl (C=O) groups is 1. The van der Waals surface area contributed by atoms with E-state index in [-0.39, 0.29) is 17.9 Å². The summed E-state index contributed by atoms with van der Waals surface area (Å²) in [6, 6.07) is 1.61. The minimum absolute atomic E-state index is 0.0856. The van der Waals surface area contributed by atoms with Crippen LogP contribution in [0.15, 0.2) is 6.07 Å². The lowest BCUT2D eigenvalue weighted by Gasteiger charge is -2.38. The van der Waals surface area contributed by atoms with Gasteiger partial charge in [-0.15, -0.1) is 0 Å². The molecular formula is C21H30ClN3O4. The van der Waals surface area contributed by atoms with E-state index >= 15 is 0 Å². The molecule has 29 heavy (non-hydrogen) atoms. The first-order chi connectivity index (χ1) is 14.1. The van der Waals surface area contributed by atoms with Crippen LogP contribution in [0.5, 0.6) is 5.75 Å². The summed E-state index contributed by atoms with van der Waals surface area (Å²) in [5.41, 5.74) is 7.83. The normalized spacial score (nSPS) is 26.9. The van der Waals surface area contributed by atoms with Crippen LogP contribution in [0.1, 0.15) is 35.2 Å². The molecule has 2 fully saturated rings. The molecule has 0 radical (unpaired) electrons. The molecule has 0 bridgehead atoms. The van der Waals surface area contributed by atoms with Crippen LogP contribution in [0.3, 0.4) is 0 Å². The maximum atomic E-state index is 12.8. The zero-order chi connectivity index (χ0) is 20.4. The Morgan fingerprint density at radius 2 is 2.28 bits per heavy atom. The molecule has 2 saturated heterocycles. The number of hydrogen-bond acceptors (Lipinski definition) is 6. The van der Waals surface area contributed by atoms with Crippen LogP contribution in [0.25, 0.3) is 0 Å². The molecule has 160 valence electrons. The number of nitrogen functional groups attached to an aromatic ring is 1. The predicted octanol–water partition coefficient (Wildman–Crippen LogP) is 2.10. The van der Waals surface area contributed by atoms with Gasteiger partial charge in [0, 0.05) is 51.3 Å². The summed E-state index contributed by atoms with van der Waals surface area (Å²) in [5, 5.41) is 3.46. The Morgan fingerprint density at radius 1 is 1.41 bits per heavy atom. The van der Waals surface area contributed by atoms with Crippen molar-refractivity contribution >= 4 is 23.2 Å². The van der Waals surface area contributed by atoms with E-state index in [1.807, 2.05) is 0 Å². The molecule has 1 aromatic rings. The standard InChI is InChI=1S/C21H30ClN3O4/c1-27-18-12-25(11-14-3-2-7-28-14)6-4-13(18)10-24-21(26)16-9-17(22)19(23)15-5-8-29-20(15)16/h9,13-14,18H,2-8,10-12,23H2,1H3,(H,24,26). The first kappa shape index (κ1) is 20.7.